The summed E-state index contributed by atoms with van der Waals surface area (Å²) in [4.78, 5) is 4.52. The van der Waals surface area contributed by atoms with Crippen LogP contribution in [0.3, 0.4) is 0 Å². The van der Waals surface area contributed by atoms with E-state index in [-0.39, 0.29) is 0 Å². The summed E-state index contributed by atoms with van der Waals surface area (Å²) >= 11 is 0. The molecular weight excluding hydrogens is 176 g/mol. The number of anilines is 1. The zero-order chi connectivity index (χ0) is 10.3. The van der Waals surface area contributed by atoms with E-state index in [1.54, 1.807) is 4.68 Å². The lowest BCUT2D eigenvalue weighted by Gasteiger charge is -2.02. The van der Waals surface area contributed by atoms with Crippen LogP contribution >= 0.6 is 0 Å². The van der Waals surface area contributed by atoms with E-state index in [1.165, 1.54) is 12.8 Å². The molecule has 0 unspecified atom stereocenters. The van der Waals surface area contributed by atoms with Crippen molar-refractivity contribution in [3.8, 4) is 0 Å². The van der Waals surface area contributed by atoms with Gasteiger partial charge in [0, 0.05) is 5.92 Å². The molecule has 0 aromatic carbocycles. The molecule has 0 amide bonds. The summed E-state index contributed by atoms with van der Waals surface area (Å²) in [6.07, 6.45) is 3.32. The van der Waals surface area contributed by atoms with Gasteiger partial charge in [-0.3, -0.25) is 0 Å². The molecule has 1 aliphatic carbocycles. The van der Waals surface area contributed by atoms with E-state index >= 15 is 0 Å². The van der Waals surface area contributed by atoms with Gasteiger partial charge in [-0.15, -0.1) is 0 Å². The third-order valence-corrected chi connectivity index (χ3v) is 2.60. The summed E-state index contributed by atoms with van der Waals surface area (Å²) in [5, 5.41) is 0. The number of imidazole rings is 1. The number of nitrogen functional groups attached to an aromatic ring is 2. The lowest BCUT2D eigenvalue weighted by atomic mass is 10.1. The third kappa shape index (κ3) is 1.56. The Bertz CT molecular complexity index is 336. The summed E-state index contributed by atoms with van der Waals surface area (Å²) in [5.41, 5.74) is 6.86. The minimum atomic E-state index is 0.559. The highest BCUT2D eigenvalue weighted by Crippen LogP contribution is 2.40. The molecule has 1 heterocycles. The second-order valence-corrected chi connectivity index (χ2v) is 4.54. The van der Waals surface area contributed by atoms with Crippen molar-refractivity contribution in [2.75, 3.05) is 11.6 Å². The van der Waals surface area contributed by atoms with Crippen molar-refractivity contribution >= 4 is 5.82 Å². The van der Waals surface area contributed by atoms with Gasteiger partial charge in [-0.2, -0.15) is 0 Å². The Morgan fingerprint density at radius 3 is 2.64 bits per heavy atom. The highest BCUT2D eigenvalue weighted by atomic mass is 15.4. The molecule has 4 nitrogen and oxygen atoms in total. The molecule has 0 bridgehead atoms. The molecule has 78 valence electrons. The first kappa shape index (κ1) is 9.37. The Labute approximate surface area is 84.3 Å². The number of nitrogens with two attached hydrogens (primary N) is 2. The predicted octanol–water partition coefficient (Wildman–Crippen LogP) is 1.25. The van der Waals surface area contributed by atoms with E-state index in [4.69, 9.17) is 11.6 Å². The van der Waals surface area contributed by atoms with Crippen molar-refractivity contribution in [1.82, 2.24) is 9.66 Å². The first-order valence-corrected chi connectivity index (χ1v) is 5.21. The Balaban J connectivity index is 2.27. The molecule has 2 rings (SSSR count). The molecule has 0 radical (unpaired) electrons. The summed E-state index contributed by atoms with van der Waals surface area (Å²) in [6, 6.07) is 0. The molecule has 1 saturated carbocycles. The molecule has 4 N–H and O–H groups in total. The van der Waals surface area contributed by atoms with Crippen LogP contribution in [0.2, 0.25) is 0 Å². The van der Waals surface area contributed by atoms with Gasteiger partial charge in [0.25, 0.3) is 0 Å². The normalized spacial score (nSPS) is 16.5. The highest BCUT2D eigenvalue weighted by molar-refractivity contribution is 5.40. The van der Waals surface area contributed by atoms with Gasteiger partial charge in [-0.1, -0.05) is 13.8 Å². The van der Waals surface area contributed by atoms with Crippen molar-refractivity contribution in [2.45, 2.75) is 39.0 Å². The fourth-order valence-corrected chi connectivity index (χ4v) is 1.68. The second kappa shape index (κ2) is 3.19. The summed E-state index contributed by atoms with van der Waals surface area (Å²) in [6.45, 7) is 4.32. The van der Waals surface area contributed by atoms with Gasteiger partial charge in [0.05, 0.1) is 5.69 Å². The molecule has 0 atom stereocenters. The quantitative estimate of drug-likeness (QED) is 0.711. The molecule has 0 spiro atoms. The maximum Gasteiger partial charge on any atom is 0.146 e. The number of rotatable bonds is 3. The monoisotopic (exact) mass is 194 g/mol. The van der Waals surface area contributed by atoms with E-state index in [1.807, 2.05) is 0 Å². The smallest absolute Gasteiger partial charge is 0.146 e. The topological polar surface area (TPSA) is 69.9 Å². The minimum Gasteiger partial charge on any atom is -0.382 e. The van der Waals surface area contributed by atoms with Crippen LogP contribution < -0.4 is 11.6 Å². The number of aromatic nitrogens is 2. The predicted molar refractivity (Wildman–Crippen MR) is 57.3 cm³/mol. The average molecular weight is 194 g/mol. The van der Waals surface area contributed by atoms with Gasteiger partial charge >= 0.3 is 0 Å². The molecular formula is C10H18N4. The molecule has 4 heteroatoms. The number of nitrogens with zero attached hydrogens (tertiary/aromatic N) is 2. The van der Waals surface area contributed by atoms with Crippen LogP contribution in [0.4, 0.5) is 5.82 Å². The maximum absolute atomic E-state index is 5.89. The van der Waals surface area contributed by atoms with Crippen molar-refractivity contribution in [1.29, 1.82) is 0 Å². The molecule has 14 heavy (non-hydrogen) atoms. The Morgan fingerprint density at radius 1 is 1.50 bits per heavy atom. The van der Waals surface area contributed by atoms with Gasteiger partial charge in [-0.25, -0.2) is 9.66 Å². The molecule has 0 saturated heterocycles. The molecule has 0 aliphatic heterocycles. The number of hydrogen-bond acceptors (Lipinski definition) is 3. The van der Waals surface area contributed by atoms with Crippen LogP contribution in [0.15, 0.2) is 0 Å². The number of hydrogen-bond donors (Lipinski definition) is 2. The van der Waals surface area contributed by atoms with Gasteiger partial charge < -0.3 is 11.6 Å². The lowest BCUT2D eigenvalue weighted by Crippen LogP contribution is -2.15. The van der Waals surface area contributed by atoms with Crippen LogP contribution in [-0.4, -0.2) is 9.66 Å². The molecule has 1 aliphatic rings. The van der Waals surface area contributed by atoms with Crippen LogP contribution in [0.5, 0.6) is 0 Å². The van der Waals surface area contributed by atoms with Gasteiger partial charge in [0.1, 0.15) is 11.6 Å². The van der Waals surface area contributed by atoms with E-state index in [2.05, 4.69) is 18.8 Å². The van der Waals surface area contributed by atoms with E-state index in [0.717, 1.165) is 17.9 Å². The SMILES string of the molecule is CC(C)Cc1nc(C2CC2)n(N)c1N. The molecule has 1 aromatic rings. The average Bonchev–Trinajstić information content (AvgIpc) is 2.88. The first-order valence-electron chi connectivity index (χ1n) is 5.21. The minimum absolute atomic E-state index is 0.559. The fraction of sp³-hybridized carbons (Fsp3) is 0.700. The van der Waals surface area contributed by atoms with Crippen molar-refractivity contribution < 1.29 is 0 Å². The van der Waals surface area contributed by atoms with Crippen LogP contribution in [-0.2, 0) is 6.42 Å². The maximum atomic E-state index is 5.89. The first-order chi connectivity index (χ1) is 6.59. The Hall–Kier alpha value is -1.19. The largest absolute Gasteiger partial charge is 0.382 e. The zero-order valence-electron chi connectivity index (χ0n) is 8.83. The van der Waals surface area contributed by atoms with E-state index < -0.39 is 0 Å². The van der Waals surface area contributed by atoms with Crippen LogP contribution in [0.1, 0.15) is 44.1 Å². The lowest BCUT2D eigenvalue weighted by molar-refractivity contribution is 0.637. The Kier molecular flexibility index (Phi) is 2.13. The van der Waals surface area contributed by atoms with E-state index in [9.17, 15) is 0 Å². The highest BCUT2D eigenvalue weighted by Gasteiger charge is 2.30. The van der Waals surface area contributed by atoms with Gasteiger partial charge in [0.15, 0.2) is 0 Å². The van der Waals surface area contributed by atoms with Gasteiger partial charge in [-0.05, 0) is 25.2 Å². The van der Waals surface area contributed by atoms with E-state index in [0.29, 0.717) is 17.7 Å². The molecule has 1 fully saturated rings. The summed E-state index contributed by atoms with van der Waals surface area (Å²) < 4.78 is 1.56. The fourth-order valence-electron chi connectivity index (χ4n) is 1.68. The third-order valence-electron chi connectivity index (χ3n) is 2.60. The Morgan fingerprint density at radius 2 is 2.14 bits per heavy atom. The summed E-state index contributed by atoms with van der Waals surface area (Å²) in [7, 11) is 0. The second-order valence-electron chi connectivity index (χ2n) is 4.54. The van der Waals surface area contributed by atoms with Crippen molar-refractivity contribution in [3.05, 3.63) is 11.5 Å². The molecule has 1 aromatic heterocycles. The van der Waals surface area contributed by atoms with Crippen LogP contribution in [0.25, 0.3) is 0 Å². The van der Waals surface area contributed by atoms with Crippen LogP contribution in [0, 0.1) is 5.92 Å². The van der Waals surface area contributed by atoms with Crippen molar-refractivity contribution in [3.63, 3.8) is 0 Å². The summed E-state index contributed by atoms with van der Waals surface area (Å²) in [5.74, 6) is 8.59. The standard InChI is InChI=1S/C10H18N4/c1-6(2)5-8-9(11)14(12)10(13-8)7-3-4-7/h6-7H,3-5,11-12H2,1-2H3. The van der Waals surface area contributed by atoms with Gasteiger partial charge in [0.2, 0.25) is 0 Å². The zero-order valence-corrected chi connectivity index (χ0v) is 8.83. The van der Waals surface area contributed by atoms with Crippen molar-refractivity contribution in [2.24, 2.45) is 5.92 Å².